The summed E-state index contributed by atoms with van der Waals surface area (Å²) in [4.78, 5) is 2.19. The number of hydrogen-bond donors (Lipinski definition) is 0. The van der Waals surface area contributed by atoms with Crippen molar-refractivity contribution in [1.82, 2.24) is 0 Å². The van der Waals surface area contributed by atoms with E-state index in [1.165, 1.54) is 54.1 Å². The molecule has 0 atom stereocenters. The van der Waals surface area contributed by atoms with Crippen molar-refractivity contribution in [3.63, 3.8) is 0 Å². The van der Waals surface area contributed by atoms with Crippen molar-refractivity contribution >= 4 is 50.1 Å². The highest BCUT2D eigenvalue weighted by Gasteiger charge is 2.35. The summed E-state index contributed by atoms with van der Waals surface area (Å²) in [6.45, 7) is 4.84. The first-order chi connectivity index (χ1) is 13.6. The predicted molar refractivity (Wildman–Crippen MR) is 128 cm³/mol. The fourth-order valence-corrected chi connectivity index (χ4v) is 6.66. The molecule has 138 valence electrons. The third-order valence-corrected chi connectivity index (χ3v) is 7.77. The van der Waals surface area contributed by atoms with Crippen LogP contribution in [0.1, 0.15) is 11.1 Å². The summed E-state index contributed by atoms with van der Waals surface area (Å²) in [5.74, 6) is 0. The van der Waals surface area contributed by atoms with Crippen LogP contribution in [-0.4, -0.2) is 20.8 Å². The minimum absolute atomic E-state index is 0.300. The highest BCUT2D eigenvalue weighted by Crippen LogP contribution is 2.36. The van der Waals surface area contributed by atoms with Gasteiger partial charge in [0.25, 0.3) is 6.71 Å². The molecule has 28 heavy (non-hydrogen) atoms. The molecule has 0 radical (unpaired) electrons. The zero-order valence-electron chi connectivity index (χ0n) is 16.6. The average Bonchev–Trinajstić information content (AvgIpc) is 3.32. The Labute approximate surface area is 175 Å². The molecule has 0 aliphatic carbocycles. The van der Waals surface area contributed by atoms with Gasteiger partial charge in [0.1, 0.15) is 0 Å². The summed E-state index contributed by atoms with van der Waals surface area (Å²) in [5, 5.41) is 4.51. The second-order valence-corrected chi connectivity index (χ2v) is 9.66. The SMILES string of the molecule is Cc1cc(N(C)C)cc(C)c1B1c2sccc2-c2ccccc2-c2ccsc21. The lowest BCUT2D eigenvalue weighted by Crippen LogP contribution is -2.52. The molecule has 1 aliphatic rings. The smallest absolute Gasteiger partial charge is 0.268 e. The Kier molecular flexibility index (Phi) is 4.22. The molecule has 2 aromatic carbocycles. The Morgan fingerprint density at radius 3 is 1.68 bits per heavy atom. The molecule has 0 fully saturated rings. The number of benzene rings is 2. The van der Waals surface area contributed by atoms with Crippen LogP contribution in [0.25, 0.3) is 22.3 Å². The highest BCUT2D eigenvalue weighted by atomic mass is 32.1. The topological polar surface area (TPSA) is 3.24 Å². The lowest BCUT2D eigenvalue weighted by atomic mass is 9.40. The quantitative estimate of drug-likeness (QED) is 0.391. The number of thiophene rings is 2. The molecule has 0 unspecified atom stereocenters. The van der Waals surface area contributed by atoms with E-state index in [0.29, 0.717) is 6.71 Å². The lowest BCUT2D eigenvalue weighted by molar-refractivity contribution is 1.12. The molecule has 2 aromatic heterocycles. The van der Waals surface area contributed by atoms with Crippen molar-refractivity contribution in [1.29, 1.82) is 0 Å². The van der Waals surface area contributed by atoms with Crippen LogP contribution in [0.3, 0.4) is 0 Å². The zero-order chi connectivity index (χ0) is 19.4. The van der Waals surface area contributed by atoms with Crippen LogP contribution >= 0.6 is 22.7 Å². The fourth-order valence-electron chi connectivity index (χ4n) is 4.53. The van der Waals surface area contributed by atoms with Crippen molar-refractivity contribution in [2.75, 3.05) is 19.0 Å². The van der Waals surface area contributed by atoms with Gasteiger partial charge in [0.2, 0.25) is 0 Å². The van der Waals surface area contributed by atoms with Gasteiger partial charge in [-0.15, -0.1) is 0 Å². The third-order valence-electron chi connectivity index (χ3n) is 5.81. The van der Waals surface area contributed by atoms with Gasteiger partial charge < -0.3 is 4.90 Å². The van der Waals surface area contributed by atoms with Gasteiger partial charge >= 0.3 is 0 Å². The average molecular weight is 399 g/mol. The van der Waals surface area contributed by atoms with Gasteiger partial charge in [-0.1, -0.05) is 40.9 Å². The summed E-state index contributed by atoms with van der Waals surface area (Å²) in [7, 11) is 4.23. The molecule has 0 bridgehead atoms. The Hall–Kier alpha value is -2.30. The largest absolute Gasteiger partial charge is 0.378 e. The van der Waals surface area contributed by atoms with E-state index in [2.05, 4.69) is 92.1 Å². The second kappa shape index (κ2) is 6.65. The van der Waals surface area contributed by atoms with E-state index in [0.717, 1.165) is 0 Å². The number of rotatable bonds is 2. The van der Waals surface area contributed by atoms with Crippen LogP contribution in [-0.2, 0) is 0 Å². The number of anilines is 1. The number of nitrogens with zero attached hydrogens (tertiary/aromatic N) is 1. The van der Waals surface area contributed by atoms with Gasteiger partial charge in [0.05, 0.1) is 0 Å². The molecule has 0 saturated carbocycles. The molecule has 1 nitrogen and oxygen atoms in total. The molecule has 5 rings (SSSR count). The lowest BCUT2D eigenvalue weighted by Gasteiger charge is -2.22. The minimum atomic E-state index is 0.300. The Bertz CT molecular complexity index is 1100. The van der Waals surface area contributed by atoms with Gasteiger partial charge in [-0.3, -0.25) is 0 Å². The van der Waals surface area contributed by atoms with Crippen LogP contribution < -0.4 is 19.9 Å². The highest BCUT2D eigenvalue weighted by molar-refractivity contribution is 7.34. The summed E-state index contributed by atoms with van der Waals surface area (Å²) < 4.78 is 2.94. The van der Waals surface area contributed by atoms with E-state index in [1.54, 1.807) is 0 Å². The van der Waals surface area contributed by atoms with Crippen LogP contribution in [0.15, 0.2) is 59.3 Å². The van der Waals surface area contributed by atoms with Crippen molar-refractivity contribution < 1.29 is 0 Å². The normalized spacial score (nSPS) is 12.2. The molecule has 0 saturated heterocycles. The third kappa shape index (κ3) is 2.59. The predicted octanol–water partition coefficient (Wildman–Crippen LogP) is 4.66. The summed E-state index contributed by atoms with van der Waals surface area (Å²) in [5.41, 5.74) is 11.0. The van der Waals surface area contributed by atoms with E-state index >= 15 is 0 Å². The van der Waals surface area contributed by atoms with E-state index in [1.807, 2.05) is 22.7 Å². The molecule has 0 amide bonds. The first kappa shape index (κ1) is 17.8. The molecule has 1 aliphatic heterocycles. The van der Waals surface area contributed by atoms with Crippen LogP contribution in [0, 0.1) is 13.8 Å². The van der Waals surface area contributed by atoms with E-state index in [4.69, 9.17) is 0 Å². The molecule has 0 spiro atoms. The standard InChI is InChI=1S/C24H22BNS2/c1-15-13-17(26(3)4)14-16(2)22(15)25-23-20(9-11-27-23)18-7-5-6-8-19(18)21-10-12-28-24(21)25/h5-14H,1-4H3. The zero-order valence-corrected chi connectivity index (χ0v) is 18.2. The van der Waals surface area contributed by atoms with Gasteiger partial charge in [-0.2, -0.15) is 22.7 Å². The van der Waals surface area contributed by atoms with Crippen LogP contribution in [0.4, 0.5) is 5.69 Å². The van der Waals surface area contributed by atoms with Crippen molar-refractivity contribution in [2.45, 2.75) is 13.8 Å². The molecule has 3 heterocycles. The van der Waals surface area contributed by atoms with Gasteiger partial charge in [-0.05, 0) is 80.7 Å². The van der Waals surface area contributed by atoms with Crippen molar-refractivity contribution in [3.8, 4) is 22.3 Å². The monoisotopic (exact) mass is 399 g/mol. The number of hydrogen-bond acceptors (Lipinski definition) is 3. The first-order valence-electron chi connectivity index (χ1n) is 9.59. The van der Waals surface area contributed by atoms with E-state index < -0.39 is 0 Å². The Morgan fingerprint density at radius 2 is 1.21 bits per heavy atom. The van der Waals surface area contributed by atoms with Gasteiger partial charge in [0.15, 0.2) is 0 Å². The maximum atomic E-state index is 2.33. The molecular formula is C24H22BNS2. The Balaban J connectivity index is 1.83. The molecular weight excluding hydrogens is 377 g/mol. The first-order valence-corrected chi connectivity index (χ1v) is 11.3. The van der Waals surface area contributed by atoms with Crippen molar-refractivity contribution in [2.24, 2.45) is 0 Å². The van der Waals surface area contributed by atoms with Gasteiger partial charge in [-0.25, -0.2) is 0 Å². The molecule has 4 heteroatoms. The van der Waals surface area contributed by atoms with Crippen LogP contribution in [0.5, 0.6) is 0 Å². The van der Waals surface area contributed by atoms with Crippen LogP contribution in [0.2, 0.25) is 0 Å². The van der Waals surface area contributed by atoms with E-state index in [-0.39, 0.29) is 0 Å². The molecule has 0 N–H and O–H groups in total. The maximum absolute atomic E-state index is 2.33. The summed E-state index contributed by atoms with van der Waals surface area (Å²) >= 11 is 3.79. The molecule has 4 aromatic rings. The maximum Gasteiger partial charge on any atom is 0.268 e. The summed E-state index contributed by atoms with van der Waals surface area (Å²) in [6, 6.07) is 18.2. The summed E-state index contributed by atoms with van der Waals surface area (Å²) in [6.07, 6.45) is 0. The number of aryl methyl sites for hydroxylation is 2. The fraction of sp³-hybridized carbons (Fsp3) is 0.167. The van der Waals surface area contributed by atoms with Crippen molar-refractivity contribution in [3.05, 3.63) is 70.4 Å². The second-order valence-electron chi connectivity index (χ2n) is 7.76. The number of fused-ring (bicyclic) bond motifs is 5. The van der Waals surface area contributed by atoms with E-state index in [9.17, 15) is 0 Å². The Morgan fingerprint density at radius 1 is 0.714 bits per heavy atom. The van der Waals surface area contributed by atoms with Gasteiger partial charge in [0, 0.05) is 19.8 Å². The minimum Gasteiger partial charge on any atom is -0.378 e.